The van der Waals surface area contributed by atoms with Crippen LogP contribution in [-0.4, -0.2) is 23.7 Å². The fourth-order valence-electron chi connectivity index (χ4n) is 2.37. The lowest BCUT2D eigenvalue weighted by atomic mass is 9.83. The Morgan fingerprint density at radius 2 is 1.75 bits per heavy atom. The summed E-state index contributed by atoms with van der Waals surface area (Å²) in [5, 5.41) is 9.12. The van der Waals surface area contributed by atoms with E-state index in [0.29, 0.717) is 19.3 Å². The molecule has 0 heterocycles. The molecule has 1 aromatic carbocycles. The molecule has 0 aromatic heterocycles. The fraction of sp³-hybridized carbons (Fsp3) is 0.375. The highest BCUT2D eigenvalue weighted by molar-refractivity contribution is 5.81. The second-order valence-corrected chi connectivity index (χ2v) is 4.90. The van der Waals surface area contributed by atoms with E-state index in [-0.39, 0.29) is 6.61 Å². The Morgan fingerprint density at radius 3 is 2.40 bits per heavy atom. The first kappa shape index (κ1) is 14.3. The molecule has 0 amide bonds. The van der Waals surface area contributed by atoms with Crippen LogP contribution in [0.1, 0.15) is 18.4 Å². The molecule has 2 unspecified atom stereocenters. The van der Waals surface area contributed by atoms with Gasteiger partial charge in [0, 0.05) is 6.42 Å². The first-order chi connectivity index (χ1) is 9.68. The molecule has 0 radical (unpaired) electrons. The minimum absolute atomic E-state index is 0.287. The highest BCUT2D eigenvalue weighted by Gasteiger charge is 2.34. The predicted molar refractivity (Wildman–Crippen MR) is 74.1 cm³/mol. The molecule has 0 fully saturated rings. The highest BCUT2D eigenvalue weighted by atomic mass is 16.5. The van der Waals surface area contributed by atoms with Gasteiger partial charge in [0.25, 0.3) is 0 Å². The lowest BCUT2D eigenvalue weighted by Crippen LogP contribution is -2.32. The zero-order valence-electron chi connectivity index (χ0n) is 11.2. The van der Waals surface area contributed by atoms with Gasteiger partial charge < -0.3 is 9.84 Å². The normalized spacial score (nSPS) is 21.4. The number of carboxylic acid groups (broad SMARTS) is 1. The number of carboxylic acids is 1. The van der Waals surface area contributed by atoms with Gasteiger partial charge in [-0.3, -0.25) is 9.59 Å². The summed E-state index contributed by atoms with van der Waals surface area (Å²) in [6, 6.07) is 9.74. The molecule has 1 aliphatic carbocycles. The molecule has 0 aliphatic heterocycles. The maximum Gasteiger partial charge on any atom is 0.310 e. The van der Waals surface area contributed by atoms with E-state index in [0.717, 1.165) is 5.56 Å². The lowest BCUT2D eigenvalue weighted by molar-refractivity contribution is -0.157. The quantitative estimate of drug-likeness (QED) is 0.661. The van der Waals surface area contributed by atoms with Crippen molar-refractivity contribution in [1.82, 2.24) is 0 Å². The summed E-state index contributed by atoms with van der Waals surface area (Å²) >= 11 is 0. The Morgan fingerprint density at radius 1 is 1.10 bits per heavy atom. The number of allylic oxidation sites excluding steroid dienone is 2. The van der Waals surface area contributed by atoms with E-state index < -0.39 is 23.8 Å². The number of rotatable bonds is 5. The van der Waals surface area contributed by atoms with Crippen molar-refractivity contribution in [3.8, 4) is 0 Å². The van der Waals surface area contributed by atoms with Gasteiger partial charge >= 0.3 is 11.9 Å². The third-order valence-electron chi connectivity index (χ3n) is 3.53. The van der Waals surface area contributed by atoms with Crippen molar-refractivity contribution < 1.29 is 19.4 Å². The second-order valence-electron chi connectivity index (χ2n) is 4.90. The van der Waals surface area contributed by atoms with E-state index in [4.69, 9.17) is 9.84 Å². The van der Waals surface area contributed by atoms with E-state index in [9.17, 15) is 9.59 Å². The van der Waals surface area contributed by atoms with E-state index in [1.807, 2.05) is 42.5 Å². The van der Waals surface area contributed by atoms with Gasteiger partial charge in [-0.05, 0) is 18.4 Å². The number of ether oxygens (including phenoxy) is 1. The third kappa shape index (κ3) is 3.70. The zero-order chi connectivity index (χ0) is 14.4. The summed E-state index contributed by atoms with van der Waals surface area (Å²) in [6.45, 7) is 0.287. The van der Waals surface area contributed by atoms with Gasteiger partial charge in [-0.25, -0.2) is 0 Å². The smallest absolute Gasteiger partial charge is 0.310 e. The van der Waals surface area contributed by atoms with E-state index >= 15 is 0 Å². The van der Waals surface area contributed by atoms with Gasteiger partial charge in [0.05, 0.1) is 18.4 Å². The molecule has 0 bridgehead atoms. The van der Waals surface area contributed by atoms with Crippen LogP contribution in [-0.2, 0) is 20.7 Å². The molecular weight excluding hydrogens is 256 g/mol. The SMILES string of the molecule is O=C(O)C1CC=CCC1C(=O)OCCc1ccccc1. The minimum atomic E-state index is -0.931. The molecule has 2 rings (SSSR count). The molecular formula is C16H18O4. The average molecular weight is 274 g/mol. The third-order valence-corrected chi connectivity index (χ3v) is 3.53. The molecule has 0 spiro atoms. The van der Waals surface area contributed by atoms with Crippen LogP contribution < -0.4 is 0 Å². The number of benzene rings is 1. The first-order valence-corrected chi connectivity index (χ1v) is 6.77. The number of carbonyl (C=O) groups excluding carboxylic acids is 1. The molecule has 4 heteroatoms. The summed E-state index contributed by atoms with van der Waals surface area (Å²) in [6.07, 6.45) is 5.15. The Hall–Kier alpha value is -2.10. The maximum absolute atomic E-state index is 12.0. The van der Waals surface area contributed by atoms with Crippen LogP contribution in [0, 0.1) is 11.8 Å². The summed E-state index contributed by atoms with van der Waals surface area (Å²) in [5.41, 5.74) is 1.10. The Kier molecular flexibility index (Phi) is 4.93. The van der Waals surface area contributed by atoms with Crippen LogP contribution in [0.2, 0.25) is 0 Å². The van der Waals surface area contributed by atoms with Crippen LogP contribution in [0.5, 0.6) is 0 Å². The zero-order valence-corrected chi connectivity index (χ0v) is 11.2. The first-order valence-electron chi connectivity index (χ1n) is 6.77. The van der Waals surface area contributed by atoms with Gasteiger partial charge in [0.15, 0.2) is 0 Å². The number of hydrogen-bond donors (Lipinski definition) is 1. The largest absolute Gasteiger partial charge is 0.481 e. The molecule has 1 aromatic rings. The van der Waals surface area contributed by atoms with Gasteiger partial charge in [0.1, 0.15) is 0 Å². The van der Waals surface area contributed by atoms with Gasteiger partial charge in [-0.1, -0.05) is 42.5 Å². The molecule has 20 heavy (non-hydrogen) atoms. The Bertz CT molecular complexity index is 492. The molecule has 0 saturated carbocycles. The molecule has 1 aliphatic rings. The molecule has 106 valence electrons. The van der Waals surface area contributed by atoms with E-state index in [2.05, 4.69) is 0 Å². The monoisotopic (exact) mass is 274 g/mol. The van der Waals surface area contributed by atoms with Crippen molar-refractivity contribution in [1.29, 1.82) is 0 Å². The Balaban J connectivity index is 1.85. The van der Waals surface area contributed by atoms with Crippen LogP contribution in [0.15, 0.2) is 42.5 Å². The Labute approximate surface area is 118 Å². The summed E-state index contributed by atoms with van der Waals surface area (Å²) in [7, 11) is 0. The van der Waals surface area contributed by atoms with Gasteiger partial charge in [-0.2, -0.15) is 0 Å². The van der Waals surface area contributed by atoms with Crippen molar-refractivity contribution >= 4 is 11.9 Å². The van der Waals surface area contributed by atoms with Gasteiger partial charge in [-0.15, -0.1) is 0 Å². The highest BCUT2D eigenvalue weighted by Crippen LogP contribution is 2.27. The number of aliphatic carboxylic acids is 1. The van der Waals surface area contributed by atoms with E-state index in [1.54, 1.807) is 0 Å². The van der Waals surface area contributed by atoms with Gasteiger partial charge in [0.2, 0.25) is 0 Å². The lowest BCUT2D eigenvalue weighted by Gasteiger charge is -2.23. The molecule has 4 nitrogen and oxygen atoms in total. The number of carbonyl (C=O) groups is 2. The number of esters is 1. The minimum Gasteiger partial charge on any atom is -0.481 e. The maximum atomic E-state index is 12.0. The molecule has 1 N–H and O–H groups in total. The van der Waals surface area contributed by atoms with Crippen molar-refractivity contribution in [3.05, 3.63) is 48.0 Å². The summed E-state index contributed by atoms with van der Waals surface area (Å²) < 4.78 is 5.23. The van der Waals surface area contributed by atoms with Crippen LogP contribution in [0.25, 0.3) is 0 Å². The van der Waals surface area contributed by atoms with Crippen molar-refractivity contribution in [3.63, 3.8) is 0 Å². The topological polar surface area (TPSA) is 63.6 Å². The van der Waals surface area contributed by atoms with Crippen LogP contribution in [0.4, 0.5) is 0 Å². The van der Waals surface area contributed by atoms with E-state index in [1.165, 1.54) is 0 Å². The van der Waals surface area contributed by atoms with Crippen molar-refractivity contribution in [2.45, 2.75) is 19.3 Å². The number of hydrogen-bond acceptors (Lipinski definition) is 3. The standard InChI is InChI=1S/C16H18O4/c17-15(18)13-8-4-5-9-14(13)16(19)20-11-10-12-6-2-1-3-7-12/h1-7,13-14H,8-11H2,(H,17,18). The van der Waals surface area contributed by atoms with Crippen molar-refractivity contribution in [2.24, 2.45) is 11.8 Å². The average Bonchev–Trinajstić information content (AvgIpc) is 2.48. The van der Waals surface area contributed by atoms with Crippen LogP contribution in [0.3, 0.4) is 0 Å². The molecule has 0 saturated heterocycles. The van der Waals surface area contributed by atoms with Crippen LogP contribution >= 0.6 is 0 Å². The summed E-state index contributed by atoms with van der Waals surface area (Å²) in [4.78, 5) is 23.1. The fourth-order valence-corrected chi connectivity index (χ4v) is 2.37. The second kappa shape index (κ2) is 6.89. The van der Waals surface area contributed by atoms with Crippen molar-refractivity contribution in [2.75, 3.05) is 6.61 Å². The summed E-state index contributed by atoms with van der Waals surface area (Å²) in [5.74, 6) is -2.56. The predicted octanol–water partition coefficient (Wildman–Crippen LogP) is 2.44. The molecule has 2 atom stereocenters.